The lowest BCUT2D eigenvalue weighted by atomic mass is 10.3. The molecule has 1 aromatic carbocycles. The van der Waals surface area contributed by atoms with E-state index < -0.39 is 7.14 Å². The maximum Gasteiger partial charge on any atom is 0.142 e. The van der Waals surface area contributed by atoms with Gasteiger partial charge in [0, 0.05) is 0 Å². The van der Waals surface area contributed by atoms with Crippen molar-refractivity contribution in [2.24, 2.45) is 0 Å². The molecular weight excluding hydrogens is 185 g/mol. The fraction of sp³-hybridized carbons (Fsp3) is 0.333. The van der Waals surface area contributed by atoms with Crippen molar-refractivity contribution >= 4 is 12.8 Å². The van der Waals surface area contributed by atoms with Crippen LogP contribution in [0.15, 0.2) is 24.3 Å². The highest BCUT2D eigenvalue weighted by molar-refractivity contribution is 7.62. The summed E-state index contributed by atoms with van der Waals surface area (Å²) in [7, 11) is -2.13. The molecule has 3 nitrogen and oxygen atoms in total. The zero-order valence-corrected chi connectivity index (χ0v) is 8.75. The van der Waals surface area contributed by atoms with Crippen molar-refractivity contribution in [3.63, 3.8) is 0 Å². The third-order valence-electron chi connectivity index (χ3n) is 1.45. The SMILES string of the molecule is CP(C)(=O)COc1ccccc1N. The second-order valence-corrected chi connectivity index (χ2v) is 6.79. The Morgan fingerprint density at radius 2 is 2.00 bits per heavy atom. The minimum absolute atomic E-state index is 0.237. The lowest BCUT2D eigenvalue weighted by Crippen LogP contribution is -1.99. The molecule has 0 saturated heterocycles. The van der Waals surface area contributed by atoms with Gasteiger partial charge in [-0.2, -0.15) is 0 Å². The van der Waals surface area contributed by atoms with Gasteiger partial charge < -0.3 is 15.0 Å². The summed E-state index contributed by atoms with van der Waals surface area (Å²) in [4.78, 5) is 0. The summed E-state index contributed by atoms with van der Waals surface area (Å²) in [5, 5.41) is 0. The number of hydrogen-bond donors (Lipinski definition) is 1. The second kappa shape index (κ2) is 3.84. The van der Waals surface area contributed by atoms with Gasteiger partial charge in [0.2, 0.25) is 0 Å². The normalized spacial score (nSPS) is 11.2. The Kier molecular flexibility index (Phi) is 2.99. The van der Waals surface area contributed by atoms with Crippen molar-refractivity contribution in [1.29, 1.82) is 0 Å². The number of hydrogen-bond acceptors (Lipinski definition) is 3. The highest BCUT2D eigenvalue weighted by Gasteiger charge is 2.08. The van der Waals surface area contributed by atoms with Gasteiger partial charge in [-0.3, -0.25) is 0 Å². The smallest absolute Gasteiger partial charge is 0.142 e. The molecule has 0 aliphatic carbocycles. The first-order valence-electron chi connectivity index (χ1n) is 4.00. The van der Waals surface area contributed by atoms with Crippen molar-refractivity contribution < 1.29 is 9.30 Å². The van der Waals surface area contributed by atoms with E-state index in [9.17, 15) is 4.57 Å². The van der Waals surface area contributed by atoms with Crippen molar-refractivity contribution in [1.82, 2.24) is 0 Å². The summed E-state index contributed by atoms with van der Waals surface area (Å²) in [6, 6.07) is 7.19. The molecule has 0 atom stereocenters. The second-order valence-electron chi connectivity index (χ2n) is 3.39. The molecule has 0 amide bonds. The van der Waals surface area contributed by atoms with E-state index in [1.807, 2.05) is 12.1 Å². The predicted octanol–water partition coefficient (Wildman–Crippen LogP) is 2.23. The third-order valence-corrected chi connectivity index (χ3v) is 2.20. The summed E-state index contributed by atoms with van der Waals surface area (Å²) >= 11 is 0. The maximum absolute atomic E-state index is 11.3. The number of anilines is 1. The van der Waals surface area contributed by atoms with E-state index in [1.165, 1.54) is 0 Å². The third kappa shape index (κ3) is 3.51. The van der Waals surface area contributed by atoms with Crippen molar-refractivity contribution in [2.75, 3.05) is 25.4 Å². The van der Waals surface area contributed by atoms with Crippen LogP contribution in [-0.2, 0) is 4.57 Å². The number of para-hydroxylation sites is 2. The molecule has 0 unspecified atom stereocenters. The van der Waals surface area contributed by atoms with Crippen molar-refractivity contribution in [3.8, 4) is 5.75 Å². The lowest BCUT2D eigenvalue weighted by Gasteiger charge is -2.10. The van der Waals surface area contributed by atoms with Gasteiger partial charge in [-0.25, -0.2) is 0 Å². The van der Waals surface area contributed by atoms with Gasteiger partial charge in [0.05, 0.1) is 5.69 Å². The van der Waals surface area contributed by atoms with E-state index >= 15 is 0 Å². The van der Waals surface area contributed by atoms with Crippen molar-refractivity contribution in [3.05, 3.63) is 24.3 Å². The topological polar surface area (TPSA) is 52.3 Å². The molecule has 0 aromatic heterocycles. The molecule has 0 bridgehead atoms. The van der Waals surface area contributed by atoms with E-state index in [1.54, 1.807) is 25.5 Å². The van der Waals surface area contributed by atoms with Crippen LogP contribution in [0, 0.1) is 0 Å². The molecule has 0 aliphatic heterocycles. The minimum Gasteiger partial charge on any atom is -0.484 e. The van der Waals surface area contributed by atoms with Crippen LogP contribution in [0.1, 0.15) is 0 Å². The number of ether oxygens (including phenoxy) is 1. The quantitative estimate of drug-likeness (QED) is 0.599. The molecule has 0 fully saturated rings. The molecule has 0 aliphatic rings. The van der Waals surface area contributed by atoms with E-state index in [2.05, 4.69) is 0 Å². The Bertz CT molecular complexity index is 332. The molecule has 4 heteroatoms. The Labute approximate surface area is 78.3 Å². The molecule has 72 valence electrons. The number of rotatable bonds is 3. The summed E-state index contributed by atoms with van der Waals surface area (Å²) in [6.45, 7) is 3.37. The Balaban J connectivity index is 2.65. The number of benzene rings is 1. The van der Waals surface area contributed by atoms with Crippen LogP contribution in [0.5, 0.6) is 5.75 Å². The first kappa shape index (κ1) is 10.1. The van der Waals surface area contributed by atoms with E-state index in [0.29, 0.717) is 11.4 Å². The molecule has 0 radical (unpaired) electrons. The van der Waals surface area contributed by atoms with Gasteiger partial charge in [-0.1, -0.05) is 12.1 Å². The summed E-state index contributed by atoms with van der Waals surface area (Å²) < 4.78 is 16.6. The van der Waals surface area contributed by atoms with Gasteiger partial charge in [0.1, 0.15) is 19.2 Å². The fourth-order valence-corrected chi connectivity index (χ4v) is 1.29. The van der Waals surface area contributed by atoms with Crippen LogP contribution in [0.25, 0.3) is 0 Å². The first-order chi connectivity index (χ1) is 5.99. The van der Waals surface area contributed by atoms with Crippen LogP contribution < -0.4 is 10.5 Å². The summed E-state index contributed by atoms with van der Waals surface area (Å²) in [5.74, 6) is 0.603. The Hall–Kier alpha value is -0.950. The van der Waals surface area contributed by atoms with Crippen LogP contribution >= 0.6 is 7.14 Å². The van der Waals surface area contributed by atoms with E-state index in [-0.39, 0.29) is 6.35 Å². The largest absolute Gasteiger partial charge is 0.484 e. The van der Waals surface area contributed by atoms with Gasteiger partial charge in [0.15, 0.2) is 0 Å². The van der Waals surface area contributed by atoms with E-state index in [4.69, 9.17) is 10.5 Å². The molecule has 1 rings (SSSR count). The Morgan fingerprint density at radius 1 is 1.38 bits per heavy atom. The average molecular weight is 199 g/mol. The van der Waals surface area contributed by atoms with Crippen LogP contribution in [0.2, 0.25) is 0 Å². The van der Waals surface area contributed by atoms with E-state index in [0.717, 1.165) is 0 Å². The molecule has 2 N–H and O–H groups in total. The predicted molar refractivity (Wildman–Crippen MR) is 55.8 cm³/mol. The molecule has 13 heavy (non-hydrogen) atoms. The molecule has 0 saturated carbocycles. The van der Waals surface area contributed by atoms with Gasteiger partial charge in [0.25, 0.3) is 0 Å². The van der Waals surface area contributed by atoms with Gasteiger partial charge in [-0.15, -0.1) is 0 Å². The zero-order valence-electron chi connectivity index (χ0n) is 7.86. The first-order valence-corrected chi connectivity index (χ1v) is 6.79. The lowest BCUT2D eigenvalue weighted by molar-refractivity contribution is 0.380. The van der Waals surface area contributed by atoms with Crippen LogP contribution in [0.4, 0.5) is 5.69 Å². The van der Waals surface area contributed by atoms with Gasteiger partial charge in [-0.05, 0) is 25.5 Å². The standard InChI is InChI=1S/C9H14NO2P/c1-13(2,11)7-12-9-6-4-3-5-8(9)10/h3-6H,7,10H2,1-2H3. The average Bonchev–Trinajstić information content (AvgIpc) is 2.01. The Morgan fingerprint density at radius 3 is 2.54 bits per heavy atom. The zero-order chi connectivity index (χ0) is 9.90. The molecule has 0 heterocycles. The monoisotopic (exact) mass is 199 g/mol. The van der Waals surface area contributed by atoms with Gasteiger partial charge >= 0.3 is 0 Å². The fourth-order valence-electron chi connectivity index (χ4n) is 0.837. The van der Waals surface area contributed by atoms with Crippen LogP contribution in [0.3, 0.4) is 0 Å². The minimum atomic E-state index is -2.13. The summed E-state index contributed by atoms with van der Waals surface area (Å²) in [5.41, 5.74) is 6.21. The number of nitrogen functional groups attached to an aromatic ring is 1. The number of nitrogens with two attached hydrogens (primary N) is 1. The molecular formula is C9H14NO2P. The van der Waals surface area contributed by atoms with Crippen molar-refractivity contribution in [2.45, 2.75) is 0 Å². The maximum atomic E-state index is 11.3. The highest BCUT2D eigenvalue weighted by Crippen LogP contribution is 2.36. The highest BCUT2D eigenvalue weighted by atomic mass is 31.2. The summed E-state index contributed by atoms with van der Waals surface area (Å²) in [6.07, 6.45) is 0.237. The molecule has 0 spiro atoms. The van der Waals surface area contributed by atoms with Crippen LogP contribution in [-0.4, -0.2) is 19.7 Å². The molecule has 1 aromatic rings.